The molecule has 0 unspecified atom stereocenters. The van der Waals surface area contributed by atoms with Crippen molar-refractivity contribution >= 4 is 23.9 Å². The molecule has 0 fully saturated rings. The van der Waals surface area contributed by atoms with Crippen molar-refractivity contribution < 1.29 is 0 Å². The molecule has 0 radical (unpaired) electrons. The van der Waals surface area contributed by atoms with Crippen LogP contribution >= 0.6 is 11.8 Å². The molecule has 6 heteroatoms. The number of hydrogen-bond acceptors (Lipinski definition) is 5. The van der Waals surface area contributed by atoms with Gasteiger partial charge in [0.15, 0.2) is 5.69 Å². The molecule has 0 saturated heterocycles. The van der Waals surface area contributed by atoms with Crippen molar-refractivity contribution in [2.75, 3.05) is 11.6 Å². The molecule has 19 heavy (non-hydrogen) atoms. The molecule has 0 atom stereocenters. The molecular formula is C13H14N4OS. The van der Waals surface area contributed by atoms with Crippen molar-refractivity contribution in [2.24, 2.45) is 0 Å². The fraction of sp³-hybridized carbons (Fsp3) is 0.154. The van der Waals surface area contributed by atoms with Gasteiger partial charge in [0.1, 0.15) is 0 Å². The van der Waals surface area contributed by atoms with Crippen LogP contribution in [0.3, 0.4) is 0 Å². The van der Waals surface area contributed by atoms with E-state index >= 15 is 0 Å². The molecule has 0 spiro atoms. The number of nitrogens with zero attached hydrogens (tertiary/aromatic N) is 3. The number of hydrogen-bond donors (Lipinski definition) is 1. The largest absolute Gasteiger partial charge is 0.334 e. The molecule has 5 nitrogen and oxygen atoms in total. The Morgan fingerprint density at radius 3 is 2.68 bits per heavy atom. The SMILES string of the molecule is CCSc1nnc(/C=C/c2ccccc2)c(=O)n1N. The normalized spacial score (nSPS) is 11.0. The van der Waals surface area contributed by atoms with E-state index < -0.39 is 0 Å². The maximum Gasteiger partial charge on any atom is 0.298 e. The maximum absolute atomic E-state index is 12.0. The molecule has 0 aliphatic rings. The van der Waals surface area contributed by atoms with Crippen LogP contribution in [0.5, 0.6) is 0 Å². The fourth-order valence-corrected chi connectivity index (χ4v) is 2.05. The summed E-state index contributed by atoms with van der Waals surface area (Å²) in [4.78, 5) is 12.0. The molecular weight excluding hydrogens is 260 g/mol. The van der Waals surface area contributed by atoms with Gasteiger partial charge in [0.2, 0.25) is 5.16 Å². The summed E-state index contributed by atoms with van der Waals surface area (Å²) in [6.45, 7) is 1.96. The van der Waals surface area contributed by atoms with Crippen LogP contribution in [0.1, 0.15) is 18.2 Å². The Morgan fingerprint density at radius 1 is 1.26 bits per heavy atom. The summed E-state index contributed by atoms with van der Waals surface area (Å²) in [6.07, 6.45) is 3.42. The van der Waals surface area contributed by atoms with Crippen LogP contribution in [0, 0.1) is 0 Å². The molecule has 0 aliphatic carbocycles. The van der Waals surface area contributed by atoms with Gasteiger partial charge in [-0.1, -0.05) is 55.1 Å². The van der Waals surface area contributed by atoms with Crippen molar-refractivity contribution in [3.8, 4) is 0 Å². The van der Waals surface area contributed by atoms with Crippen LogP contribution in [0.4, 0.5) is 0 Å². The molecule has 0 saturated carbocycles. The molecule has 0 amide bonds. The highest BCUT2D eigenvalue weighted by atomic mass is 32.2. The van der Waals surface area contributed by atoms with Gasteiger partial charge in [0, 0.05) is 0 Å². The second kappa shape index (κ2) is 6.19. The third-order valence-electron chi connectivity index (χ3n) is 2.39. The Kier molecular flexibility index (Phi) is 4.35. The minimum atomic E-state index is -0.349. The van der Waals surface area contributed by atoms with Crippen LogP contribution in [-0.4, -0.2) is 20.6 Å². The summed E-state index contributed by atoms with van der Waals surface area (Å²) in [5.74, 6) is 6.47. The average Bonchev–Trinajstić information content (AvgIpc) is 2.44. The van der Waals surface area contributed by atoms with E-state index in [1.165, 1.54) is 11.8 Å². The Morgan fingerprint density at radius 2 is 2.00 bits per heavy atom. The molecule has 0 bridgehead atoms. The van der Waals surface area contributed by atoms with Gasteiger partial charge in [-0.2, -0.15) is 4.68 Å². The molecule has 1 aromatic carbocycles. The first-order valence-corrected chi connectivity index (χ1v) is 6.81. The zero-order chi connectivity index (χ0) is 13.7. The van der Waals surface area contributed by atoms with Gasteiger partial charge in [0.05, 0.1) is 0 Å². The van der Waals surface area contributed by atoms with Crippen LogP contribution in [0.15, 0.2) is 40.3 Å². The van der Waals surface area contributed by atoms with Gasteiger partial charge in [0.25, 0.3) is 5.56 Å². The Hall–Kier alpha value is -2.08. The monoisotopic (exact) mass is 274 g/mol. The summed E-state index contributed by atoms with van der Waals surface area (Å²) in [7, 11) is 0. The topological polar surface area (TPSA) is 73.8 Å². The fourth-order valence-electron chi connectivity index (χ4n) is 1.47. The van der Waals surface area contributed by atoms with Gasteiger partial charge in [-0.3, -0.25) is 4.79 Å². The van der Waals surface area contributed by atoms with Crippen molar-refractivity contribution in [2.45, 2.75) is 12.1 Å². The summed E-state index contributed by atoms with van der Waals surface area (Å²) in [5.41, 5.74) is 0.865. The minimum absolute atomic E-state index is 0.229. The molecule has 2 rings (SSSR count). The Balaban J connectivity index is 2.30. The van der Waals surface area contributed by atoms with Crippen LogP contribution in [0.2, 0.25) is 0 Å². The van der Waals surface area contributed by atoms with E-state index in [1.807, 2.05) is 37.3 Å². The predicted molar refractivity (Wildman–Crippen MR) is 78.2 cm³/mol. The van der Waals surface area contributed by atoms with E-state index in [0.29, 0.717) is 5.16 Å². The number of nitrogens with two attached hydrogens (primary N) is 1. The van der Waals surface area contributed by atoms with Gasteiger partial charge < -0.3 is 5.84 Å². The van der Waals surface area contributed by atoms with E-state index in [1.54, 1.807) is 12.2 Å². The van der Waals surface area contributed by atoms with Crippen LogP contribution < -0.4 is 11.4 Å². The van der Waals surface area contributed by atoms with Gasteiger partial charge in [-0.05, 0) is 17.4 Å². The highest BCUT2D eigenvalue weighted by Gasteiger charge is 2.07. The zero-order valence-electron chi connectivity index (χ0n) is 10.5. The second-order valence-electron chi connectivity index (χ2n) is 3.72. The first-order valence-electron chi connectivity index (χ1n) is 5.83. The maximum atomic E-state index is 12.0. The minimum Gasteiger partial charge on any atom is -0.334 e. The lowest BCUT2D eigenvalue weighted by molar-refractivity contribution is 0.694. The predicted octanol–water partition coefficient (Wildman–Crippen LogP) is 1.63. The van der Waals surface area contributed by atoms with E-state index in [0.717, 1.165) is 16.0 Å². The van der Waals surface area contributed by atoms with Crippen molar-refractivity contribution in [3.05, 3.63) is 51.9 Å². The second-order valence-corrected chi connectivity index (χ2v) is 4.95. The van der Waals surface area contributed by atoms with Gasteiger partial charge in [-0.25, -0.2) is 0 Å². The van der Waals surface area contributed by atoms with E-state index in [9.17, 15) is 4.79 Å². The molecule has 1 aromatic heterocycles. The third-order valence-corrected chi connectivity index (χ3v) is 3.22. The highest BCUT2D eigenvalue weighted by Crippen LogP contribution is 2.10. The number of thioether (sulfide) groups is 1. The standard InChI is InChI=1S/C13H14N4OS/c1-2-19-13-16-15-11(12(18)17(13)14)9-8-10-6-4-3-5-7-10/h3-9H,2,14H2,1H3/b9-8+. The van der Waals surface area contributed by atoms with Gasteiger partial charge in [-0.15, -0.1) is 10.2 Å². The Labute approximate surface area is 115 Å². The lowest BCUT2D eigenvalue weighted by Crippen LogP contribution is -2.32. The number of benzene rings is 1. The van der Waals surface area contributed by atoms with Gasteiger partial charge >= 0.3 is 0 Å². The summed E-state index contributed by atoms with van der Waals surface area (Å²) >= 11 is 1.38. The number of aromatic nitrogens is 3. The molecule has 98 valence electrons. The molecule has 1 heterocycles. The van der Waals surface area contributed by atoms with E-state index in [-0.39, 0.29) is 11.3 Å². The lowest BCUT2D eigenvalue weighted by Gasteiger charge is -2.04. The third kappa shape index (κ3) is 3.23. The average molecular weight is 274 g/mol. The summed E-state index contributed by atoms with van der Waals surface area (Å²) < 4.78 is 1.03. The van der Waals surface area contributed by atoms with Crippen molar-refractivity contribution in [3.63, 3.8) is 0 Å². The van der Waals surface area contributed by atoms with E-state index in [2.05, 4.69) is 10.2 Å². The molecule has 2 N–H and O–H groups in total. The van der Waals surface area contributed by atoms with Crippen LogP contribution in [-0.2, 0) is 0 Å². The van der Waals surface area contributed by atoms with Crippen molar-refractivity contribution in [1.82, 2.24) is 14.9 Å². The molecule has 2 aromatic rings. The first-order chi connectivity index (χ1) is 9.22. The number of nitrogen functional groups attached to an aromatic ring is 1. The smallest absolute Gasteiger partial charge is 0.298 e. The van der Waals surface area contributed by atoms with E-state index in [4.69, 9.17) is 5.84 Å². The molecule has 0 aliphatic heterocycles. The zero-order valence-corrected chi connectivity index (χ0v) is 11.3. The van der Waals surface area contributed by atoms with Crippen LogP contribution in [0.25, 0.3) is 12.2 Å². The quantitative estimate of drug-likeness (QED) is 0.677. The Bertz CT molecular complexity index is 637. The number of rotatable bonds is 4. The lowest BCUT2D eigenvalue weighted by atomic mass is 10.2. The first kappa shape index (κ1) is 13.4. The summed E-state index contributed by atoms with van der Waals surface area (Å²) in [6, 6.07) is 9.65. The van der Waals surface area contributed by atoms with Crippen molar-refractivity contribution in [1.29, 1.82) is 0 Å². The summed E-state index contributed by atoms with van der Waals surface area (Å²) in [5, 5.41) is 8.26. The highest BCUT2D eigenvalue weighted by molar-refractivity contribution is 7.99.